The van der Waals surface area contributed by atoms with Crippen LogP contribution in [0.3, 0.4) is 0 Å². The van der Waals surface area contributed by atoms with Crippen molar-refractivity contribution >= 4 is 88.1 Å². The number of amides is 1. The van der Waals surface area contributed by atoms with E-state index in [0.29, 0.717) is 87.1 Å². The van der Waals surface area contributed by atoms with E-state index in [0.717, 1.165) is 100 Å². The lowest BCUT2D eigenvalue weighted by Gasteiger charge is -2.40. The van der Waals surface area contributed by atoms with Crippen molar-refractivity contribution in [3.63, 3.8) is 0 Å². The summed E-state index contributed by atoms with van der Waals surface area (Å²) in [6.45, 7) is 24.4. The Morgan fingerprint density at radius 1 is 0.637 bits per heavy atom. The van der Waals surface area contributed by atoms with Crippen molar-refractivity contribution in [2.75, 3.05) is 51.7 Å². The van der Waals surface area contributed by atoms with Gasteiger partial charge in [0.25, 0.3) is 0 Å². The number of carbonyl (C=O) groups excluding carboxylic acids is 2. The van der Waals surface area contributed by atoms with E-state index in [1.54, 1.807) is 36.4 Å². The topological polar surface area (TPSA) is 140 Å². The minimum absolute atomic E-state index is 0. The van der Waals surface area contributed by atoms with Gasteiger partial charge >= 0.3 is 14.2 Å². The number of hydrogen-bond acceptors (Lipinski definition) is 9. The average Bonchev–Trinajstić information content (AvgIpc) is 0.707. The van der Waals surface area contributed by atoms with Gasteiger partial charge in [0.15, 0.2) is 5.78 Å². The van der Waals surface area contributed by atoms with Gasteiger partial charge in [-0.25, -0.2) is 4.58 Å². The fraction of sp³-hybridized carbons (Fsp3) is 0.338. The van der Waals surface area contributed by atoms with Crippen LogP contribution in [0.1, 0.15) is 117 Å². The molecule has 0 aromatic heterocycles. The van der Waals surface area contributed by atoms with Crippen LogP contribution in [0.25, 0.3) is 38.2 Å². The highest BCUT2D eigenvalue weighted by Gasteiger charge is 2.42. The summed E-state index contributed by atoms with van der Waals surface area (Å²) < 4.78 is 2.47. The zero-order chi connectivity index (χ0) is 62.8. The summed E-state index contributed by atoms with van der Waals surface area (Å²) in [7, 11) is -1.06. The minimum Gasteiger partial charge on any atom is -0.423 e. The SMILES string of the molecule is C.C.C=C(C)C(=O)CCCCN(Cc1ccccc1B(O)O)Cc1c2ccccc2c(CN(CCCNC(=O)C(=C)C)Cc2ccccc2B(O)O)c2ccc(-c3ccc(C)c(C4=c5ccc6c(c5[Si](C)(C)c5c4ccc4c5CCCN4C)CCC[N+]=6C)c3)cc12. The molecule has 0 bridgehead atoms. The smallest absolute Gasteiger partial charge is 0.423 e. The van der Waals surface area contributed by atoms with Gasteiger partial charge < -0.3 is 30.3 Å². The minimum atomic E-state index is -2.28. The maximum Gasteiger partial charge on any atom is 0.488 e. The monoisotopic (exact) mass is 1230 g/mol. The van der Waals surface area contributed by atoms with Gasteiger partial charge in [0.2, 0.25) is 11.3 Å². The number of fused-ring (bicyclic) bond motifs is 8. The third kappa shape index (κ3) is 14.0. The molecule has 5 N–H and O–H groups in total. The summed E-state index contributed by atoms with van der Waals surface area (Å²) in [4.78, 5) is 32.8. The summed E-state index contributed by atoms with van der Waals surface area (Å²) >= 11 is 0. The molecule has 3 aliphatic heterocycles. The van der Waals surface area contributed by atoms with E-state index in [-0.39, 0.29) is 26.5 Å². The van der Waals surface area contributed by atoms with Gasteiger partial charge in [-0.2, -0.15) is 0 Å². The van der Waals surface area contributed by atoms with Crippen molar-refractivity contribution in [2.45, 2.75) is 126 Å². The number of ketones is 1. The lowest BCUT2D eigenvalue weighted by Crippen LogP contribution is -2.67. The summed E-state index contributed by atoms with van der Waals surface area (Å²) in [5.41, 5.74) is 17.6. The molecule has 3 heterocycles. The van der Waals surface area contributed by atoms with Crippen LogP contribution in [-0.2, 0) is 48.6 Å². The standard InChI is InChI=1S/C75H85B2N5O6Si.2CH4/c1-49(2)71(83)29-16-17-41-81(45-54-21-10-14-27-67(54)76(85)86)48-66-57-24-13-12-23-56(57)65(47-82(42-20-38-78-75(84)50(3)4)46-55-22-11-15-28-68(55)77(87)88)58-33-32-53(44-64(58)66)52-31-30-51(5)63(43-52)72-61-34-36-69-59(25-18-39-79(69)6)73(61)89(8,9)74-60-26-19-40-80(7)70(60)37-35-62(72)74;;/h10-15,21-24,27-28,30-37,43-44,85-88H,1,3,16-20,25-26,29,38-42,45-48H2,2,4-9H3;2*1H4/p+1. The zero-order valence-corrected chi connectivity index (χ0v) is 54.2. The average molecular weight is 1240 g/mol. The molecule has 0 saturated heterocycles. The van der Waals surface area contributed by atoms with E-state index in [4.69, 9.17) is 0 Å². The Kier molecular flexibility index (Phi) is 21.6. The van der Waals surface area contributed by atoms with Crippen LogP contribution in [0.15, 0.2) is 158 Å². The Bertz CT molecular complexity index is 4240. The van der Waals surface area contributed by atoms with Gasteiger partial charge in [-0.1, -0.05) is 144 Å². The van der Waals surface area contributed by atoms with E-state index in [2.05, 4.69) is 157 Å². The van der Waals surface area contributed by atoms with Crippen molar-refractivity contribution in [3.05, 3.63) is 218 Å². The predicted octanol–water partition coefficient (Wildman–Crippen LogP) is 8.84. The van der Waals surface area contributed by atoms with Crippen LogP contribution in [0.2, 0.25) is 13.1 Å². The van der Waals surface area contributed by atoms with Crippen molar-refractivity contribution in [1.29, 1.82) is 0 Å². The molecule has 0 radical (unpaired) electrons. The molecular weight excluding hydrogens is 1140 g/mol. The molecule has 0 atom stereocenters. The molecule has 11 rings (SSSR count). The number of anilines is 1. The Hall–Kier alpha value is -7.52. The first kappa shape index (κ1) is 67.9. The second kappa shape index (κ2) is 29.0. The first-order valence-corrected chi connectivity index (χ1v) is 35.0. The van der Waals surface area contributed by atoms with Crippen LogP contribution in [0.5, 0.6) is 0 Å². The van der Waals surface area contributed by atoms with Gasteiger partial charge in [-0.3, -0.25) is 19.4 Å². The van der Waals surface area contributed by atoms with Crippen molar-refractivity contribution < 1.29 is 29.7 Å². The van der Waals surface area contributed by atoms with Crippen molar-refractivity contribution in [1.82, 2.24) is 19.7 Å². The number of carbonyl (C=O) groups is 2. The summed E-state index contributed by atoms with van der Waals surface area (Å²) in [5, 5.41) is 56.0. The molecular formula is C77H94B2N5O6Si+. The van der Waals surface area contributed by atoms with Gasteiger partial charge in [0.1, 0.15) is 21.7 Å². The third-order valence-electron chi connectivity index (χ3n) is 19.3. The van der Waals surface area contributed by atoms with E-state index in [1.165, 1.54) is 49.7 Å². The molecule has 11 nitrogen and oxygen atoms in total. The van der Waals surface area contributed by atoms with E-state index >= 15 is 0 Å². The van der Waals surface area contributed by atoms with E-state index in [9.17, 15) is 29.7 Å². The second-order valence-electron chi connectivity index (χ2n) is 25.9. The fourth-order valence-corrected chi connectivity index (χ4v) is 18.8. The fourth-order valence-electron chi connectivity index (χ4n) is 14.8. The Morgan fingerprint density at radius 2 is 1.22 bits per heavy atom. The number of rotatable bonds is 23. The molecule has 8 aromatic carbocycles. The molecule has 14 heteroatoms. The molecule has 8 aromatic rings. The largest absolute Gasteiger partial charge is 0.488 e. The molecule has 0 fully saturated rings. The van der Waals surface area contributed by atoms with Crippen LogP contribution < -0.4 is 46.7 Å². The number of Topliss-reactive ketones (excluding diaryl/α,β-unsaturated/α-hetero) is 1. The van der Waals surface area contributed by atoms with Gasteiger partial charge in [-0.05, 0) is 205 Å². The molecule has 1 amide bonds. The number of unbranched alkanes of at least 4 members (excludes halogenated alkanes) is 1. The molecule has 472 valence electrons. The maximum absolute atomic E-state index is 12.9. The maximum atomic E-state index is 12.9. The molecule has 0 unspecified atom stereocenters. The lowest BCUT2D eigenvalue weighted by molar-refractivity contribution is -0.117. The summed E-state index contributed by atoms with van der Waals surface area (Å²) in [6.07, 6.45) is 6.91. The third-order valence-corrected chi connectivity index (χ3v) is 22.9. The van der Waals surface area contributed by atoms with Crippen LogP contribution in [0, 0.1) is 6.92 Å². The van der Waals surface area contributed by atoms with Gasteiger partial charge in [-0.15, -0.1) is 0 Å². The number of nitrogens with zero attached hydrogens (tertiary/aromatic N) is 4. The predicted molar refractivity (Wildman–Crippen MR) is 384 cm³/mol. The summed E-state index contributed by atoms with van der Waals surface area (Å²) in [5.74, 6) is -0.124. The number of nitrogens with one attached hydrogen (secondary N) is 1. The highest BCUT2D eigenvalue weighted by Crippen LogP contribution is 2.40. The summed E-state index contributed by atoms with van der Waals surface area (Å²) in [6, 6.07) is 47.3. The number of aryl methyl sites for hydroxylation is 1. The highest BCUT2D eigenvalue weighted by molar-refractivity contribution is 7.02. The first-order chi connectivity index (χ1) is 42.8. The van der Waals surface area contributed by atoms with Crippen LogP contribution in [0.4, 0.5) is 5.69 Å². The highest BCUT2D eigenvalue weighted by atomic mass is 28.3. The van der Waals surface area contributed by atoms with Crippen molar-refractivity contribution in [3.8, 4) is 11.1 Å². The lowest BCUT2D eigenvalue weighted by atomic mass is 9.77. The number of allylic oxidation sites excluding steroid dienone is 1. The zero-order valence-electron chi connectivity index (χ0n) is 53.2. The van der Waals surface area contributed by atoms with Crippen LogP contribution in [-0.4, -0.2) is 111 Å². The van der Waals surface area contributed by atoms with E-state index in [1.807, 2.05) is 36.4 Å². The first-order valence-electron chi connectivity index (χ1n) is 32.0. The second-order valence-corrected chi connectivity index (χ2v) is 30.2. The molecule has 0 spiro atoms. The van der Waals surface area contributed by atoms with E-state index < -0.39 is 22.3 Å². The number of hydrogen-bond donors (Lipinski definition) is 5. The normalized spacial score (nSPS) is 13.9. The molecule has 3 aliphatic rings. The molecule has 0 aliphatic carbocycles. The quantitative estimate of drug-likeness (QED) is 0.0140. The molecule has 0 saturated carbocycles. The molecule has 91 heavy (non-hydrogen) atoms. The van der Waals surface area contributed by atoms with Gasteiger partial charge in [0, 0.05) is 88.6 Å². The Labute approximate surface area is 542 Å². The Balaban J connectivity index is 0.00000490. The van der Waals surface area contributed by atoms with Gasteiger partial charge in [0.05, 0.1) is 0 Å². The van der Waals surface area contributed by atoms with Crippen molar-refractivity contribution in [2.24, 2.45) is 0 Å². The number of benzene rings is 8. The van der Waals surface area contributed by atoms with Crippen LogP contribution >= 0.6 is 0 Å². The Morgan fingerprint density at radius 3 is 1.86 bits per heavy atom.